The lowest BCUT2D eigenvalue weighted by molar-refractivity contribution is -0.127. The maximum atomic E-state index is 11.9. The smallest absolute Gasteiger partial charge is 0.232 e. The normalized spacial score (nSPS) is 19.3. The molecule has 18 heavy (non-hydrogen) atoms. The van der Waals surface area contributed by atoms with Gasteiger partial charge in [-0.25, -0.2) is 0 Å². The molecular formula is C13H26N2O2S. The van der Waals surface area contributed by atoms with E-state index >= 15 is 0 Å². The number of aliphatic hydroxyl groups is 1. The fraction of sp³-hybridized carbons (Fsp3) is 0.923. The van der Waals surface area contributed by atoms with E-state index in [4.69, 9.17) is 5.73 Å². The van der Waals surface area contributed by atoms with Crippen molar-refractivity contribution in [2.24, 2.45) is 11.7 Å². The Bertz CT molecular complexity index is 255. The third-order valence-corrected chi connectivity index (χ3v) is 4.62. The molecule has 0 saturated carbocycles. The van der Waals surface area contributed by atoms with E-state index in [1.54, 1.807) is 0 Å². The minimum atomic E-state index is -0.0358. The van der Waals surface area contributed by atoms with Crippen LogP contribution in [-0.2, 0) is 4.79 Å². The van der Waals surface area contributed by atoms with Crippen molar-refractivity contribution in [3.8, 4) is 0 Å². The third-order valence-electron chi connectivity index (χ3n) is 3.28. The monoisotopic (exact) mass is 274 g/mol. The van der Waals surface area contributed by atoms with Crippen LogP contribution in [0.25, 0.3) is 0 Å². The van der Waals surface area contributed by atoms with Gasteiger partial charge in [-0.05, 0) is 25.2 Å². The second-order valence-electron chi connectivity index (χ2n) is 5.41. The van der Waals surface area contributed by atoms with Gasteiger partial charge >= 0.3 is 0 Å². The van der Waals surface area contributed by atoms with Crippen LogP contribution < -0.4 is 5.73 Å². The maximum Gasteiger partial charge on any atom is 0.232 e. The van der Waals surface area contributed by atoms with Gasteiger partial charge in [0, 0.05) is 24.4 Å². The molecule has 0 aliphatic carbocycles. The molecular weight excluding hydrogens is 248 g/mol. The molecule has 1 saturated heterocycles. The van der Waals surface area contributed by atoms with Crippen LogP contribution >= 0.6 is 11.8 Å². The van der Waals surface area contributed by atoms with E-state index in [0.29, 0.717) is 11.7 Å². The first kappa shape index (κ1) is 15.8. The Morgan fingerprint density at radius 2 is 2.00 bits per heavy atom. The topological polar surface area (TPSA) is 66.6 Å². The summed E-state index contributed by atoms with van der Waals surface area (Å²) in [5, 5.41) is 9.33. The zero-order chi connectivity index (χ0) is 13.5. The van der Waals surface area contributed by atoms with Crippen molar-refractivity contribution in [2.75, 3.05) is 25.4 Å². The van der Waals surface area contributed by atoms with Crippen LogP contribution in [0.2, 0.25) is 0 Å². The van der Waals surface area contributed by atoms with Gasteiger partial charge in [0.05, 0.1) is 12.4 Å². The average Bonchev–Trinajstić information content (AvgIpc) is 2.82. The number of amides is 1. The molecule has 106 valence electrons. The minimum absolute atomic E-state index is 0.0287. The summed E-state index contributed by atoms with van der Waals surface area (Å²) >= 11 is 1.50. The van der Waals surface area contributed by atoms with E-state index < -0.39 is 0 Å². The molecule has 1 aliphatic rings. The molecule has 2 unspecified atom stereocenters. The average molecular weight is 274 g/mol. The Hall–Kier alpha value is -0.260. The molecule has 2 atom stereocenters. The summed E-state index contributed by atoms with van der Waals surface area (Å²) in [4.78, 5) is 13.8. The largest absolute Gasteiger partial charge is 0.395 e. The van der Waals surface area contributed by atoms with Gasteiger partial charge in [0.15, 0.2) is 0 Å². The van der Waals surface area contributed by atoms with E-state index in [2.05, 4.69) is 13.8 Å². The summed E-state index contributed by atoms with van der Waals surface area (Å²) < 4.78 is 0. The SMILES string of the molecule is CC(C)CC(N)C(CO)SCC(=O)N1CCCC1. The van der Waals surface area contributed by atoms with Crippen LogP contribution in [0.3, 0.4) is 0 Å². The number of carbonyl (C=O) groups excluding carboxylic acids is 1. The molecule has 0 spiro atoms. The molecule has 1 heterocycles. The first-order valence-corrected chi connectivity index (χ1v) is 7.85. The van der Waals surface area contributed by atoms with Crippen molar-refractivity contribution in [2.45, 2.75) is 44.4 Å². The van der Waals surface area contributed by atoms with Crippen LogP contribution in [0, 0.1) is 5.92 Å². The maximum absolute atomic E-state index is 11.9. The lowest BCUT2D eigenvalue weighted by Gasteiger charge is -2.24. The lowest BCUT2D eigenvalue weighted by atomic mass is 10.0. The fourth-order valence-electron chi connectivity index (χ4n) is 2.24. The van der Waals surface area contributed by atoms with Gasteiger partial charge in [-0.3, -0.25) is 4.79 Å². The van der Waals surface area contributed by atoms with E-state index in [1.165, 1.54) is 11.8 Å². The summed E-state index contributed by atoms with van der Waals surface area (Å²) in [5.41, 5.74) is 6.06. The second kappa shape index (κ2) is 8.02. The lowest BCUT2D eigenvalue weighted by Crippen LogP contribution is -2.38. The number of hydrogen-bond acceptors (Lipinski definition) is 4. The van der Waals surface area contributed by atoms with E-state index in [1.807, 2.05) is 4.90 Å². The molecule has 1 rings (SSSR count). The van der Waals surface area contributed by atoms with Gasteiger partial charge in [0.1, 0.15) is 0 Å². The number of nitrogens with zero attached hydrogens (tertiary/aromatic N) is 1. The van der Waals surface area contributed by atoms with Crippen LogP contribution in [0.4, 0.5) is 0 Å². The first-order valence-electron chi connectivity index (χ1n) is 6.80. The standard InChI is InChI=1S/C13H26N2O2S/c1-10(2)7-11(14)12(8-16)18-9-13(17)15-5-3-4-6-15/h10-12,16H,3-9,14H2,1-2H3. The number of hydrogen-bond donors (Lipinski definition) is 2. The van der Waals surface area contributed by atoms with Gasteiger partial charge < -0.3 is 15.7 Å². The number of thioether (sulfide) groups is 1. The zero-order valence-corrected chi connectivity index (χ0v) is 12.3. The van der Waals surface area contributed by atoms with Crippen molar-refractivity contribution in [3.63, 3.8) is 0 Å². The van der Waals surface area contributed by atoms with Crippen LogP contribution in [0.1, 0.15) is 33.1 Å². The molecule has 1 aliphatic heterocycles. The Morgan fingerprint density at radius 3 is 2.50 bits per heavy atom. The predicted octanol–water partition coefficient (Wildman–Crippen LogP) is 1.08. The minimum Gasteiger partial charge on any atom is -0.395 e. The highest BCUT2D eigenvalue weighted by molar-refractivity contribution is 8.00. The third kappa shape index (κ3) is 5.16. The molecule has 0 bridgehead atoms. The highest BCUT2D eigenvalue weighted by atomic mass is 32.2. The quantitative estimate of drug-likeness (QED) is 0.729. The molecule has 3 N–H and O–H groups in total. The Labute approximate surface area is 114 Å². The number of rotatable bonds is 7. The van der Waals surface area contributed by atoms with Crippen LogP contribution in [0.15, 0.2) is 0 Å². The molecule has 0 aromatic carbocycles. The van der Waals surface area contributed by atoms with Gasteiger partial charge in [-0.2, -0.15) is 0 Å². The zero-order valence-electron chi connectivity index (χ0n) is 11.5. The number of carbonyl (C=O) groups is 1. The highest BCUT2D eigenvalue weighted by Crippen LogP contribution is 2.19. The van der Waals surface area contributed by atoms with Crippen molar-refractivity contribution in [1.82, 2.24) is 4.90 Å². The second-order valence-corrected chi connectivity index (χ2v) is 6.64. The summed E-state index contributed by atoms with van der Waals surface area (Å²) in [7, 11) is 0. The number of likely N-dealkylation sites (tertiary alicyclic amines) is 1. The molecule has 1 fully saturated rings. The molecule has 0 aromatic rings. The van der Waals surface area contributed by atoms with E-state index in [-0.39, 0.29) is 23.8 Å². The Kier molecular flexibility index (Phi) is 7.04. The molecule has 0 aromatic heterocycles. The Morgan fingerprint density at radius 1 is 1.39 bits per heavy atom. The molecule has 0 radical (unpaired) electrons. The van der Waals surface area contributed by atoms with Gasteiger partial charge in [0.25, 0.3) is 0 Å². The summed E-state index contributed by atoms with van der Waals surface area (Å²) in [5.74, 6) is 1.15. The number of aliphatic hydroxyl groups excluding tert-OH is 1. The highest BCUT2D eigenvalue weighted by Gasteiger charge is 2.22. The van der Waals surface area contributed by atoms with Gasteiger partial charge in [0.2, 0.25) is 5.91 Å². The molecule has 5 heteroatoms. The van der Waals surface area contributed by atoms with Crippen LogP contribution in [0.5, 0.6) is 0 Å². The predicted molar refractivity (Wildman–Crippen MR) is 76.6 cm³/mol. The van der Waals surface area contributed by atoms with Crippen molar-refractivity contribution < 1.29 is 9.90 Å². The molecule has 1 amide bonds. The fourth-order valence-corrected chi connectivity index (χ4v) is 3.25. The summed E-state index contributed by atoms with van der Waals surface area (Å²) in [6, 6.07) is -0.0358. The molecule has 4 nitrogen and oxygen atoms in total. The van der Waals surface area contributed by atoms with Crippen LogP contribution in [-0.4, -0.2) is 52.7 Å². The summed E-state index contributed by atoms with van der Waals surface area (Å²) in [6.45, 7) is 6.07. The van der Waals surface area contributed by atoms with Crippen molar-refractivity contribution in [3.05, 3.63) is 0 Å². The van der Waals surface area contributed by atoms with E-state index in [9.17, 15) is 9.90 Å². The van der Waals surface area contributed by atoms with Gasteiger partial charge in [-0.1, -0.05) is 13.8 Å². The number of nitrogens with two attached hydrogens (primary N) is 1. The van der Waals surface area contributed by atoms with Crippen molar-refractivity contribution in [1.29, 1.82) is 0 Å². The van der Waals surface area contributed by atoms with Crippen molar-refractivity contribution >= 4 is 17.7 Å². The van der Waals surface area contributed by atoms with Gasteiger partial charge in [-0.15, -0.1) is 11.8 Å². The van der Waals surface area contributed by atoms with E-state index in [0.717, 1.165) is 32.4 Å². The first-order chi connectivity index (χ1) is 8.54. The Balaban J connectivity index is 2.31. The summed E-state index contributed by atoms with van der Waals surface area (Å²) in [6.07, 6.45) is 3.12.